The first-order chi connectivity index (χ1) is 24.0. The summed E-state index contributed by atoms with van der Waals surface area (Å²) in [5.74, 6) is -0.955. The van der Waals surface area contributed by atoms with Crippen LogP contribution in [0.25, 0.3) is 0 Å². The number of carbonyl (C=O) groups excluding carboxylic acids is 3. The molecule has 0 N–H and O–H groups in total. The van der Waals surface area contributed by atoms with Crippen LogP contribution in [0.1, 0.15) is 201 Å². The van der Waals surface area contributed by atoms with E-state index in [1.54, 1.807) is 0 Å². The minimum atomic E-state index is -0.785. The Labute approximate surface area is 302 Å². The number of unbranched alkanes of at least 4 members (excludes halogenated alkanes) is 19. The van der Waals surface area contributed by atoms with E-state index in [1.807, 2.05) is 0 Å². The third-order valence-electron chi connectivity index (χ3n) is 8.59. The average molecular weight is 689 g/mol. The molecule has 0 bridgehead atoms. The molecule has 0 heterocycles. The van der Waals surface area contributed by atoms with Crippen LogP contribution in [0.3, 0.4) is 0 Å². The third kappa shape index (κ3) is 36.7. The number of esters is 3. The molecule has 0 aromatic heterocycles. The van der Waals surface area contributed by atoms with Gasteiger partial charge in [-0.25, -0.2) is 0 Å². The molecule has 0 aliphatic carbocycles. The Kier molecular flexibility index (Phi) is 36.6. The highest BCUT2D eigenvalue weighted by atomic mass is 16.6. The van der Waals surface area contributed by atoms with E-state index in [1.165, 1.54) is 77.0 Å². The van der Waals surface area contributed by atoms with Gasteiger partial charge in [0, 0.05) is 19.3 Å². The number of rotatable bonds is 36. The van der Waals surface area contributed by atoms with Gasteiger partial charge in [0.15, 0.2) is 6.10 Å². The summed E-state index contributed by atoms with van der Waals surface area (Å²) in [6.45, 7) is 6.46. The molecule has 0 aromatic carbocycles. The summed E-state index contributed by atoms with van der Waals surface area (Å²) in [5, 5.41) is 0. The van der Waals surface area contributed by atoms with E-state index < -0.39 is 6.10 Å². The Morgan fingerprint density at radius 3 is 1.20 bits per heavy atom. The van der Waals surface area contributed by atoms with Gasteiger partial charge in [0.2, 0.25) is 0 Å². The first-order valence-corrected chi connectivity index (χ1v) is 20.5. The molecule has 0 fully saturated rings. The zero-order valence-electron chi connectivity index (χ0n) is 32.2. The Morgan fingerprint density at radius 2 is 0.714 bits per heavy atom. The molecule has 6 nitrogen and oxygen atoms in total. The van der Waals surface area contributed by atoms with Gasteiger partial charge in [-0.3, -0.25) is 14.4 Å². The van der Waals surface area contributed by atoms with Crippen LogP contribution >= 0.6 is 0 Å². The van der Waals surface area contributed by atoms with Crippen molar-refractivity contribution in [2.45, 2.75) is 207 Å². The Bertz CT molecular complexity index is 845. The summed E-state index contributed by atoms with van der Waals surface area (Å²) in [5.41, 5.74) is 0. The monoisotopic (exact) mass is 689 g/mol. The molecule has 284 valence electrons. The van der Waals surface area contributed by atoms with Crippen molar-refractivity contribution in [3.05, 3.63) is 36.5 Å². The van der Waals surface area contributed by atoms with Crippen LogP contribution in [-0.4, -0.2) is 37.2 Å². The molecule has 1 atom stereocenters. The summed E-state index contributed by atoms with van der Waals surface area (Å²) in [7, 11) is 0. The molecule has 49 heavy (non-hydrogen) atoms. The molecule has 0 amide bonds. The van der Waals surface area contributed by atoms with Gasteiger partial charge in [-0.05, 0) is 83.5 Å². The average Bonchev–Trinajstić information content (AvgIpc) is 3.10. The van der Waals surface area contributed by atoms with Crippen LogP contribution in [0.5, 0.6) is 0 Å². The second-order valence-electron chi connectivity index (χ2n) is 13.5. The van der Waals surface area contributed by atoms with Crippen molar-refractivity contribution >= 4 is 17.9 Å². The molecule has 0 saturated heterocycles. The van der Waals surface area contributed by atoms with Crippen LogP contribution in [0, 0.1) is 0 Å². The Hall–Kier alpha value is -2.37. The fourth-order valence-electron chi connectivity index (χ4n) is 5.42. The summed E-state index contributed by atoms with van der Waals surface area (Å²) in [4.78, 5) is 37.4. The molecule has 0 aliphatic rings. The molecule has 0 rings (SSSR count). The van der Waals surface area contributed by atoms with Crippen molar-refractivity contribution in [1.82, 2.24) is 0 Å². The van der Waals surface area contributed by atoms with Gasteiger partial charge >= 0.3 is 17.9 Å². The summed E-state index contributed by atoms with van der Waals surface area (Å²) < 4.78 is 16.5. The van der Waals surface area contributed by atoms with Gasteiger partial charge in [0.25, 0.3) is 0 Å². The van der Waals surface area contributed by atoms with Gasteiger partial charge in [-0.2, -0.15) is 0 Å². The van der Waals surface area contributed by atoms with Crippen molar-refractivity contribution in [2.24, 2.45) is 0 Å². The highest BCUT2D eigenvalue weighted by Crippen LogP contribution is 2.12. The van der Waals surface area contributed by atoms with Crippen LogP contribution in [-0.2, 0) is 28.6 Å². The molecule has 0 aromatic rings. The second-order valence-corrected chi connectivity index (χ2v) is 13.5. The maximum Gasteiger partial charge on any atom is 0.306 e. The number of hydrogen-bond acceptors (Lipinski definition) is 6. The Balaban J connectivity index is 4.42. The quantitative estimate of drug-likeness (QED) is 0.0282. The van der Waals surface area contributed by atoms with Crippen molar-refractivity contribution in [3.63, 3.8) is 0 Å². The highest BCUT2D eigenvalue weighted by molar-refractivity contribution is 5.71. The molecule has 0 spiro atoms. The molecule has 0 aliphatic heterocycles. The van der Waals surface area contributed by atoms with E-state index in [0.717, 1.165) is 77.0 Å². The van der Waals surface area contributed by atoms with E-state index >= 15 is 0 Å². The van der Waals surface area contributed by atoms with E-state index in [9.17, 15) is 14.4 Å². The maximum atomic E-state index is 12.6. The lowest BCUT2D eigenvalue weighted by molar-refractivity contribution is -0.167. The number of carbonyl (C=O) groups is 3. The normalized spacial score (nSPS) is 12.3. The third-order valence-corrected chi connectivity index (χ3v) is 8.59. The van der Waals surface area contributed by atoms with Gasteiger partial charge in [-0.1, -0.05) is 134 Å². The molecule has 0 radical (unpaired) electrons. The molecule has 0 saturated carbocycles. The van der Waals surface area contributed by atoms with Crippen LogP contribution in [0.4, 0.5) is 0 Å². The van der Waals surface area contributed by atoms with E-state index in [2.05, 4.69) is 57.2 Å². The van der Waals surface area contributed by atoms with E-state index in [4.69, 9.17) is 14.2 Å². The summed E-state index contributed by atoms with van der Waals surface area (Å²) >= 11 is 0. The number of allylic oxidation sites excluding steroid dienone is 6. The van der Waals surface area contributed by atoms with Crippen molar-refractivity contribution < 1.29 is 28.6 Å². The number of ether oxygens (including phenoxy) is 3. The predicted molar refractivity (Wildman–Crippen MR) is 206 cm³/mol. The van der Waals surface area contributed by atoms with E-state index in [-0.39, 0.29) is 31.1 Å². The minimum absolute atomic E-state index is 0.0897. The SMILES string of the molecule is CCCC/C=C\CCCCCCC(=O)OC(COC(=O)CCC/C=C\CCCCCC)COC(=O)CCCCCCC/C=C\CCCCC. The van der Waals surface area contributed by atoms with E-state index in [0.29, 0.717) is 25.7 Å². The minimum Gasteiger partial charge on any atom is -0.462 e. The van der Waals surface area contributed by atoms with Crippen LogP contribution in [0.2, 0.25) is 0 Å². The highest BCUT2D eigenvalue weighted by Gasteiger charge is 2.19. The standard InChI is InChI=1S/C43H76O6/c1-4-7-10-13-16-19-21-22-25-27-30-33-36-42(45)48-39-40(38-47-41(44)35-32-29-26-23-18-15-12-9-6-3)49-43(46)37-34-31-28-24-20-17-14-11-8-5-2/h14,16-17,19,23,26,40H,4-13,15,18,20-22,24-25,27-39H2,1-3H3/b17-14-,19-16-,26-23-. The topological polar surface area (TPSA) is 78.9 Å². The zero-order chi connectivity index (χ0) is 35.9. The fourth-order valence-corrected chi connectivity index (χ4v) is 5.42. The smallest absolute Gasteiger partial charge is 0.306 e. The van der Waals surface area contributed by atoms with Crippen molar-refractivity contribution in [1.29, 1.82) is 0 Å². The van der Waals surface area contributed by atoms with Crippen molar-refractivity contribution in [3.8, 4) is 0 Å². The molecule has 1 unspecified atom stereocenters. The van der Waals surface area contributed by atoms with Crippen molar-refractivity contribution in [2.75, 3.05) is 13.2 Å². The van der Waals surface area contributed by atoms with Gasteiger partial charge in [-0.15, -0.1) is 0 Å². The lowest BCUT2D eigenvalue weighted by atomic mass is 10.1. The van der Waals surface area contributed by atoms with Crippen LogP contribution < -0.4 is 0 Å². The molecule has 6 heteroatoms. The fraction of sp³-hybridized carbons (Fsp3) is 0.791. The van der Waals surface area contributed by atoms with Gasteiger partial charge < -0.3 is 14.2 Å². The lowest BCUT2D eigenvalue weighted by Crippen LogP contribution is -2.30. The second kappa shape index (κ2) is 38.4. The largest absolute Gasteiger partial charge is 0.462 e. The van der Waals surface area contributed by atoms with Crippen LogP contribution in [0.15, 0.2) is 36.5 Å². The summed E-state index contributed by atoms with van der Waals surface area (Å²) in [6, 6.07) is 0. The maximum absolute atomic E-state index is 12.6. The lowest BCUT2D eigenvalue weighted by Gasteiger charge is -2.18. The molecular weight excluding hydrogens is 612 g/mol. The zero-order valence-corrected chi connectivity index (χ0v) is 32.2. The first-order valence-electron chi connectivity index (χ1n) is 20.5. The Morgan fingerprint density at radius 1 is 0.388 bits per heavy atom. The van der Waals surface area contributed by atoms with Gasteiger partial charge in [0.1, 0.15) is 13.2 Å². The predicted octanol–water partition coefficient (Wildman–Crippen LogP) is 12.6. The van der Waals surface area contributed by atoms with Gasteiger partial charge in [0.05, 0.1) is 0 Å². The first kappa shape index (κ1) is 46.6. The summed E-state index contributed by atoms with van der Waals surface area (Å²) in [6.07, 6.45) is 41.4. The molecular formula is C43H76O6. The number of hydrogen-bond donors (Lipinski definition) is 0.